The summed E-state index contributed by atoms with van der Waals surface area (Å²) in [6.45, 7) is 9.40. The van der Waals surface area contributed by atoms with Crippen LogP contribution < -0.4 is 10.2 Å². The number of benzene rings is 1. The van der Waals surface area contributed by atoms with Gasteiger partial charge in [-0.05, 0) is 26.1 Å². The first-order valence-corrected chi connectivity index (χ1v) is 6.87. The molecule has 0 aliphatic carbocycles. The highest BCUT2D eigenvalue weighted by molar-refractivity contribution is 5.49. The van der Waals surface area contributed by atoms with Gasteiger partial charge in [0.1, 0.15) is 0 Å². The van der Waals surface area contributed by atoms with Crippen molar-refractivity contribution in [3.63, 3.8) is 0 Å². The molecule has 1 aromatic rings. The van der Waals surface area contributed by atoms with Gasteiger partial charge < -0.3 is 10.2 Å². The van der Waals surface area contributed by atoms with Crippen LogP contribution in [0.25, 0.3) is 0 Å². The van der Waals surface area contributed by atoms with Crippen LogP contribution in [0.1, 0.15) is 33.3 Å². The van der Waals surface area contributed by atoms with Crippen LogP contribution in [0.15, 0.2) is 24.3 Å². The van der Waals surface area contributed by atoms with Gasteiger partial charge in [-0.25, -0.2) is 8.78 Å². The standard InChI is InChI=1S/C13H20F2N2.C2H6/c1-4-17(9-8-16-3)12-7-5-6-11(10-12)13(2,14)15;1-2/h5-7,10,16H,4,8-9H2,1-3H3;1-2H3. The predicted molar refractivity (Wildman–Crippen MR) is 79.2 cm³/mol. The zero-order valence-electron chi connectivity index (χ0n) is 12.6. The molecule has 2 nitrogen and oxygen atoms in total. The molecule has 0 spiro atoms. The average Bonchev–Trinajstić information content (AvgIpc) is 2.41. The summed E-state index contributed by atoms with van der Waals surface area (Å²) in [5.74, 6) is -2.78. The van der Waals surface area contributed by atoms with Crippen LogP contribution in [0, 0.1) is 0 Å². The van der Waals surface area contributed by atoms with Crippen LogP contribution in [-0.4, -0.2) is 26.7 Å². The fourth-order valence-corrected chi connectivity index (χ4v) is 1.69. The van der Waals surface area contributed by atoms with Gasteiger partial charge in [0.05, 0.1) is 0 Å². The second-order valence-corrected chi connectivity index (χ2v) is 4.12. The number of alkyl halides is 2. The average molecular weight is 272 g/mol. The van der Waals surface area contributed by atoms with E-state index in [1.54, 1.807) is 12.1 Å². The van der Waals surface area contributed by atoms with Crippen molar-refractivity contribution in [3.05, 3.63) is 29.8 Å². The highest BCUT2D eigenvalue weighted by Gasteiger charge is 2.24. The molecule has 19 heavy (non-hydrogen) atoms. The third-order valence-corrected chi connectivity index (χ3v) is 2.73. The van der Waals surface area contributed by atoms with Crippen LogP contribution in [0.2, 0.25) is 0 Å². The van der Waals surface area contributed by atoms with Crippen molar-refractivity contribution in [3.8, 4) is 0 Å². The topological polar surface area (TPSA) is 15.3 Å². The van der Waals surface area contributed by atoms with E-state index in [9.17, 15) is 8.78 Å². The molecule has 0 bridgehead atoms. The molecule has 1 aromatic carbocycles. The smallest absolute Gasteiger partial charge is 0.270 e. The molecule has 0 aliphatic rings. The molecular weight excluding hydrogens is 246 g/mol. The summed E-state index contributed by atoms with van der Waals surface area (Å²) in [4.78, 5) is 2.08. The first-order chi connectivity index (χ1) is 8.99. The van der Waals surface area contributed by atoms with E-state index in [1.807, 2.05) is 33.9 Å². The first-order valence-electron chi connectivity index (χ1n) is 6.87. The summed E-state index contributed by atoms with van der Waals surface area (Å²) in [5, 5.41) is 3.06. The summed E-state index contributed by atoms with van der Waals surface area (Å²) in [6, 6.07) is 6.59. The zero-order valence-corrected chi connectivity index (χ0v) is 12.6. The summed E-state index contributed by atoms with van der Waals surface area (Å²) in [5.41, 5.74) is 0.916. The summed E-state index contributed by atoms with van der Waals surface area (Å²) in [6.07, 6.45) is 0. The molecular formula is C15H26F2N2. The molecule has 0 amide bonds. The second kappa shape index (κ2) is 8.86. The number of nitrogens with one attached hydrogen (secondary N) is 1. The molecule has 0 unspecified atom stereocenters. The molecule has 0 atom stereocenters. The van der Waals surface area contributed by atoms with Crippen LogP contribution in [0.3, 0.4) is 0 Å². The van der Waals surface area contributed by atoms with E-state index in [1.165, 1.54) is 6.07 Å². The number of anilines is 1. The van der Waals surface area contributed by atoms with Crippen molar-refractivity contribution in [2.75, 3.05) is 31.6 Å². The maximum Gasteiger partial charge on any atom is 0.270 e. The Balaban J connectivity index is 0.00000154. The van der Waals surface area contributed by atoms with Crippen molar-refractivity contribution in [1.82, 2.24) is 5.32 Å². The number of halogens is 2. The Labute approximate surface area is 115 Å². The Bertz CT molecular complexity index is 348. The SMILES string of the molecule is CC.CCN(CCNC)c1cccc(C(C)(F)F)c1. The van der Waals surface area contributed by atoms with E-state index in [-0.39, 0.29) is 5.56 Å². The maximum atomic E-state index is 13.2. The maximum absolute atomic E-state index is 13.2. The Kier molecular flexibility index (Phi) is 8.32. The molecule has 1 N–H and O–H groups in total. The molecule has 0 heterocycles. The fraction of sp³-hybridized carbons (Fsp3) is 0.600. The van der Waals surface area contributed by atoms with E-state index < -0.39 is 5.92 Å². The number of hydrogen-bond donors (Lipinski definition) is 1. The van der Waals surface area contributed by atoms with Gasteiger partial charge in [-0.15, -0.1) is 0 Å². The van der Waals surface area contributed by atoms with Gasteiger partial charge in [-0.3, -0.25) is 0 Å². The van der Waals surface area contributed by atoms with Gasteiger partial charge in [-0.2, -0.15) is 0 Å². The van der Waals surface area contributed by atoms with Gasteiger partial charge >= 0.3 is 0 Å². The second-order valence-electron chi connectivity index (χ2n) is 4.12. The van der Waals surface area contributed by atoms with Crippen molar-refractivity contribution in [2.24, 2.45) is 0 Å². The minimum Gasteiger partial charge on any atom is -0.371 e. The van der Waals surface area contributed by atoms with Crippen molar-refractivity contribution >= 4 is 5.69 Å². The quantitative estimate of drug-likeness (QED) is 0.845. The number of nitrogens with zero attached hydrogens (tertiary/aromatic N) is 1. The molecule has 0 saturated carbocycles. The normalized spacial score (nSPS) is 10.7. The van der Waals surface area contributed by atoms with Crippen molar-refractivity contribution in [2.45, 2.75) is 33.6 Å². The van der Waals surface area contributed by atoms with Gasteiger partial charge in [0.25, 0.3) is 5.92 Å². The lowest BCUT2D eigenvalue weighted by Crippen LogP contribution is -2.30. The fourth-order valence-electron chi connectivity index (χ4n) is 1.69. The van der Waals surface area contributed by atoms with Crippen LogP contribution in [0.4, 0.5) is 14.5 Å². The van der Waals surface area contributed by atoms with E-state index in [0.717, 1.165) is 32.2 Å². The monoisotopic (exact) mass is 272 g/mol. The van der Waals surface area contributed by atoms with Gasteiger partial charge in [0, 0.05) is 37.8 Å². The molecule has 0 aliphatic heterocycles. The predicted octanol–water partition coefficient (Wildman–Crippen LogP) is 3.87. The number of likely N-dealkylation sites (N-methyl/N-ethyl adjacent to an activating group) is 2. The number of hydrogen-bond acceptors (Lipinski definition) is 2. The van der Waals surface area contributed by atoms with E-state index in [2.05, 4.69) is 10.2 Å². The van der Waals surface area contributed by atoms with E-state index in [0.29, 0.717) is 0 Å². The summed E-state index contributed by atoms with van der Waals surface area (Å²) in [7, 11) is 1.88. The lowest BCUT2D eigenvalue weighted by atomic mass is 10.1. The van der Waals surface area contributed by atoms with Crippen LogP contribution in [-0.2, 0) is 5.92 Å². The molecule has 0 fully saturated rings. The zero-order chi connectivity index (χ0) is 14.9. The Hall–Kier alpha value is -1.16. The molecule has 110 valence electrons. The molecule has 0 saturated heterocycles. The van der Waals surface area contributed by atoms with Crippen LogP contribution >= 0.6 is 0 Å². The van der Waals surface area contributed by atoms with Gasteiger partial charge in [-0.1, -0.05) is 26.0 Å². The number of rotatable bonds is 6. The highest BCUT2D eigenvalue weighted by Crippen LogP contribution is 2.29. The lowest BCUT2D eigenvalue weighted by molar-refractivity contribution is 0.0175. The highest BCUT2D eigenvalue weighted by atomic mass is 19.3. The largest absolute Gasteiger partial charge is 0.371 e. The van der Waals surface area contributed by atoms with Crippen LogP contribution in [0.5, 0.6) is 0 Å². The van der Waals surface area contributed by atoms with Gasteiger partial charge in [0.15, 0.2) is 0 Å². The third kappa shape index (κ3) is 6.01. The van der Waals surface area contributed by atoms with Crippen molar-refractivity contribution in [1.29, 1.82) is 0 Å². The molecule has 0 aromatic heterocycles. The van der Waals surface area contributed by atoms with E-state index in [4.69, 9.17) is 0 Å². The lowest BCUT2D eigenvalue weighted by Gasteiger charge is -2.24. The molecule has 4 heteroatoms. The molecule has 0 radical (unpaired) electrons. The Morgan fingerprint density at radius 2 is 1.89 bits per heavy atom. The molecule has 1 rings (SSSR count). The Morgan fingerprint density at radius 1 is 1.26 bits per heavy atom. The van der Waals surface area contributed by atoms with E-state index >= 15 is 0 Å². The summed E-state index contributed by atoms with van der Waals surface area (Å²) < 4.78 is 26.4. The Morgan fingerprint density at radius 3 is 2.37 bits per heavy atom. The first kappa shape index (κ1) is 17.8. The minimum atomic E-state index is -2.78. The summed E-state index contributed by atoms with van der Waals surface area (Å²) >= 11 is 0. The third-order valence-electron chi connectivity index (χ3n) is 2.73. The minimum absolute atomic E-state index is 0.0675. The van der Waals surface area contributed by atoms with Gasteiger partial charge in [0.2, 0.25) is 0 Å². The van der Waals surface area contributed by atoms with Crippen molar-refractivity contribution < 1.29 is 8.78 Å².